The third-order valence-electron chi connectivity index (χ3n) is 5.70. The van der Waals surface area contributed by atoms with Crippen LogP contribution in [0.15, 0.2) is 91.0 Å². The Labute approximate surface area is 195 Å². The summed E-state index contributed by atoms with van der Waals surface area (Å²) in [6.07, 6.45) is 4.29. The molecule has 0 bridgehead atoms. The number of amides is 1. The van der Waals surface area contributed by atoms with Crippen molar-refractivity contribution in [2.75, 3.05) is 0 Å². The van der Waals surface area contributed by atoms with Gasteiger partial charge in [-0.3, -0.25) is 4.79 Å². The van der Waals surface area contributed by atoms with Crippen LogP contribution in [0.4, 0.5) is 0 Å². The number of benzene rings is 3. The van der Waals surface area contributed by atoms with Crippen molar-refractivity contribution >= 4 is 11.9 Å². The van der Waals surface area contributed by atoms with E-state index in [0.717, 1.165) is 30.4 Å². The van der Waals surface area contributed by atoms with Gasteiger partial charge in [-0.05, 0) is 36.1 Å². The summed E-state index contributed by atoms with van der Waals surface area (Å²) < 4.78 is 0. The van der Waals surface area contributed by atoms with Crippen molar-refractivity contribution in [1.82, 2.24) is 5.48 Å². The lowest BCUT2D eigenvalue weighted by molar-refractivity contribution is -0.130. The second kappa shape index (κ2) is 12.2. The van der Waals surface area contributed by atoms with E-state index in [0.29, 0.717) is 18.4 Å². The summed E-state index contributed by atoms with van der Waals surface area (Å²) in [6.45, 7) is 0. The van der Waals surface area contributed by atoms with Gasteiger partial charge in [-0.25, -0.2) is 4.79 Å². The number of hydroxylamine groups is 1. The molecule has 0 aliphatic rings. The zero-order valence-corrected chi connectivity index (χ0v) is 18.6. The fourth-order valence-corrected chi connectivity index (χ4v) is 3.90. The Hall–Kier alpha value is -3.91. The Balaban J connectivity index is 1.44. The lowest BCUT2D eigenvalue weighted by atomic mass is 9.72. The van der Waals surface area contributed by atoms with E-state index in [-0.39, 0.29) is 12.3 Å². The van der Waals surface area contributed by atoms with E-state index in [1.54, 1.807) is 30.3 Å². The Bertz CT molecular complexity index is 1020. The van der Waals surface area contributed by atoms with Crippen molar-refractivity contribution in [3.05, 3.63) is 108 Å². The van der Waals surface area contributed by atoms with Gasteiger partial charge in [0.2, 0.25) is 0 Å². The van der Waals surface area contributed by atoms with Gasteiger partial charge >= 0.3 is 5.97 Å². The molecule has 0 saturated heterocycles. The summed E-state index contributed by atoms with van der Waals surface area (Å²) in [4.78, 5) is 28.7. The maximum atomic E-state index is 12.0. The van der Waals surface area contributed by atoms with Crippen LogP contribution in [0.5, 0.6) is 0 Å². The summed E-state index contributed by atoms with van der Waals surface area (Å²) in [5.41, 5.74) is 3.91. The predicted octanol–water partition coefficient (Wildman–Crippen LogP) is 5.73. The predicted molar refractivity (Wildman–Crippen MR) is 127 cm³/mol. The average Bonchev–Trinajstić information content (AvgIpc) is 2.88. The second-order valence-corrected chi connectivity index (χ2v) is 7.94. The number of hydrogen-bond donors (Lipinski definition) is 1. The van der Waals surface area contributed by atoms with Crippen LogP contribution >= 0.6 is 0 Å². The van der Waals surface area contributed by atoms with Crippen molar-refractivity contribution in [2.45, 2.75) is 43.9 Å². The minimum absolute atomic E-state index is 0.281. The summed E-state index contributed by atoms with van der Waals surface area (Å²) >= 11 is 0. The first-order valence-corrected chi connectivity index (χ1v) is 11.2. The zero-order chi connectivity index (χ0) is 23.4. The zero-order valence-electron chi connectivity index (χ0n) is 18.6. The average molecular weight is 441 g/mol. The fraction of sp³-hybridized carbons (Fsp3) is 0.250. The molecule has 3 aromatic carbocycles. The molecule has 168 valence electrons. The van der Waals surface area contributed by atoms with Crippen LogP contribution in [-0.2, 0) is 15.0 Å². The van der Waals surface area contributed by atoms with E-state index in [4.69, 9.17) is 4.84 Å². The molecule has 0 saturated carbocycles. The van der Waals surface area contributed by atoms with Crippen LogP contribution in [0.1, 0.15) is 60.0 Å². The van der Waals surface area contributed by atoms with Gasteiger partial charge in [0.05, 0.1) is 11.6 Å². The highest BCUT2D eigenvalue weighted by Crippen LogP contribution is 2.36. The quantitative estimate of drug-likeness (QED) is 0.323. The van der Waals surface area contributed by atoms with E-state index in [1.807, 2.05) is 60.7 Å². The van der Waals surface area contributed by atoms with Gasteiger partial charge in [-0.15, -0.1) is 0 Å². The molecule has 0 aliphatic carbocycles. The maximum absolute atomic E-state index is 12.0. The molecule has 3 rings (SSSR count). The van der Waals surface area contributed by atoms with Crippen LogP contribution in [0.2, 0.25) is 0 Å². The van der Waals surface area contributed by atoms with Crippen LogP contribution in [0.25, 0.3) is 0 Å². The number of unbranched alkanes of at least 4 members (excludes halogenated alkanes) is 3. The van der Waals surface area contributed by atoms with Gasteiger partial charge in [-0.2, -0.15) is 10.7 Å². The van der Waals surface area contributed by atoms with E-state index < -0.39 is 11.4 Å². The SMILES string of the molecule is N#CC(CCCCCCC(=O)NOC(=O)c1ccccc1)(c1ccccc1)c1ccccc1. The first kappa shape index (κ1) is 23.7. The molecule has 0 aliphatic heterocycles. The number of nitrogens with one attached hydrogen (secondary N) is 1. The molecule has 0 aromatic heterocycles. The Morgan fingerprint density at radius 1 is 0.758 bits per heavy atom. The van der Waals surface area contributed by atoms with Crippen LogP contribution in [0, 0.1) is 11.3 Å². The molecule has 1 N–H and O–H groups in total. The van der Waals surface area contributed by atoms with Gasteiger partial charge < -0.3 is 4.84 Å². The smallest absolute Gasteiger partial charge is 0.335 e. The highest BCUT2D eigenvalue weighted by Gasteiger charge is 2.33. The lowest BCUT2D eigenvalue weighted by Crippen LogP contribution is -2.27. The van der Waals surface area contributed by atoms with Crippen LogP contribution in [0.3, 0.4) is 0 Å². The monoisotopic (exact) mass is 440 g/mol. The lowest BCUT2D eigenvalue weighted by Gasteiger charge is -2.28. The van der Waals surface area contributed by atoms with Gasteiger partial charge in [0.25, 0.3) is 5.91 Å². The largest absolute Gasteiger partial charge is 0.362 e. The van der Waals surface area contributed by atoms with Crippen molar-refractivity contribution in [3.8, 4) is 6.07 Å². The van der Waals surface area contributed by atoms with Gasteiger partial charge in [0.15, 0.2) is 0 Å². The van der Waals surface area contributed by atoms with E-state index in [2.05, 4.69) is 11.5 Å². The van der Waals surface area contributed by atoms with E-state index in [9.17, 15) is 14.9 Å². The summed E-state index contributed by atoms with van der Waals surface area (Å²) in [6, 6.07) is 30.9. The molecule has 0 fully saturated rings. The maximum Gasteiger partial charge on any atom is 0.362 e. The molecule has 3 aromatic rings. The molecule has 0 radical (unpaired) electrons. The number of hydrogen-bond acceptors (Lipinski definition) is 4. The number of rotatable bonds is 10. The molecule has 0 spiro atoms. The Morgan fingerprint density at radius 3 is 1.82 bits per heavy atom. The third kappa shape index (κ3) is 6.54. The number of nitrogens with zero attached hydrogens (tertiary/aromatic N) is 1. The standard InChI is InChI=1S/C28H28N2O3/c29-22-28(24-16-8-4-9-17-24,25-18-10-5-11-19-25)21-13-2-1-12-20-26(31)30-33-27(32)23-14-6-3-7-15-23/h3-11,14-19H,1-2,12-13,20-21H2,(H,30,31). The molecule has 0 heterocycles. The molecule has 0 atom stereocenters. The molecule has 5 nitrogen and oxygen atoms in total. The molecule has 5 heteroatoms. The second-order valence-electron chi connectivity index (χ2n) is 7.94. The Morgan fingerprint density at radius 2 is 1.27 bits per heavy atom. The van der Waals surface area contributed by atoms with Crippen molar-refractivity contribution in [1.29, 1.82) is 5.26 Å². The van der Waals surface area contributed by atoms with Crippen LogP contribution < -0.4 is 5.48 Å². The first-order valence-electron chi connectivity index (χ1n) is 11.2. The summed E-state index contributed by atoms with van der Waals surface area (Å²) in [5, 5.41) is 10.2. The molecule has 0 unspecified atom stereocenters. The van der Waals surface area contributed by atoms with Crippen molar-refractivity contribution in [3.63, 3.8) is 0 Å². The van der Waals surface area contributed by atoms with E-state index >= 15 is 0 Å². The summed E-state index contributed by atoms with van der Waals surface area (Å²) in [5.74, 6) is -0.905. The summed E-state index contributed by atoms with van der Waals surface area (Å²) in [7, 11) is 0. The van der Waals surface area contributed by atoms with Crippen molar-refractivity contribution < 1.29 is 14.4 Å². The minimum Gasteiger partial charge on any atom is -0.335 e. The number of carbonyl (C=O) groups is 2. The van der Waals surface area contributed by atoms with Gasteiger partial charge in [-0.1, -0.05) is 98.1 Å². The number of nitriles is 1. The topological polar surface area (TPSA) is 79.2 Å². The van der Waals surface area contributed by atoms with Crippen molar-refractivity contribution in [2.24, 2.45) is 0 Å². The minimum atomic E-state index is -0.689. The first-order chi connectivity index (χ1) is 16.2. The molecule has 1 amide bonds. The molecular weight excluding hydrogens is 412 g/mol. The normalized spacial score (nSPS) is 10.8. The van der Waals surface area contributed by atoms with Gasteiger partial charge in [0.1, 0.15) is 5.41 Å². The molecule has 33 heavy (non-hydrogen) atoms. The third-order valence-corrected chi connectivity index (χ3v) is 5.70. The molecular formula is C28H28N2O3. The van der Waals surface area contributed by atoms with Gasteiger partial charge in [0, 0.05) is 6.42 Å². The fourth-order valence-electron chi connectivity index (χ4n) is 3.90. The number of carbonyl (C=O) groups excluding carboxylic acids is 2. The highest BCUT2D eigenvalue weighted by molar-refractivity contribution is 5.90. The Kier molecular flexibility index (Phi) is 8.79. The highest BCUT2D eigenvalue weighted by atomic mass is 16.7. The van der Waals surface area contributed by atoms with Crippen LogP contribution in [-0.4, -0.2) is 11.9 Å². The van der Waals surface area contributed by atoms with E-state index in [1.165, 1.54) is 0 Å².